The predicted octanol–water partition coefficient (Wildman–Crippen LogP) is 3.27. The molecule has 0 unspecified atom stereocenters. The predicted molar refractivity (Wildman–Crippen MR) is 103 cm³/mol. The molecule has 3 rings (SSSR count). The van der Waals surface area contributed by atoms with Gasteiger partial charge in [0.1, 0.15) is 6.04 Å². The van der Waals surface area contributed by atoms with Crippen LogP contribution in [0.2, 0.25) is 0 Å². The van der Waals surface area contributed by atoms with Gasteiger partial charge in [0.25, 0.3) is 11.8 Å². The SMILES string of the molecule is Cc1ccccc1CN(C)C(=O)[C@H](C(C)C)N1C(=O)c2ccccc2C1=O. The topological polar surface area (TPSA) is 57.7 Å². The zero-order chi connectivity index (χ0) is 19.7. The van der Waals surface area contributed by atoms with Crippen LogP contribution >= 0.6 is 0 Å². The van der Waals surface area contributed by atoms with Crippen molar-refractivity contribution in [1.82, 2.24) is 9.80 Å². The zero-order valence-electron chi connectivity index (χ0n) is 16.1. The van der Waals surface area contributed by atoms with E-state index in [4.69, 9.17) is 0 Å². The van der Waals surface area contributed by atoms with E-state index in [1.165, 1.54) is 0 Å². The molecule has 1 aliphatic rings. The van der Waals surface area contributed by atoms with Crippen LogP contribution < -0.4 is 0 Å². The smallest absolute Gasteiger partial charge is 0.262 e. The Morgan fingerprint density at radius 1 is 0.963 bits per heavy atom. The van der Waals surface area contributed by atoms with Crippen LogP contribution in [-0.2, 0) is 11.3 Å². The largest absolute Gasteiger partial charge is 0.340 e. The molecule has 1 heterocycles. The molecule has 1 aliphatic heterocycles. The second-order valence-corrected chi connectivity index (χ2v) is 7.34. The second-order valence-electron chi connectivity index (χ2n) is 7.34. The van der Waals surface area contributed by atoms with Crippen LogP contribution in [-0.4, -0.2) is 40.6 Å². The molecule has 0 radical (unpaired) electrons. The van der Waals surface area contributed by atoms with E-state index in [2.05, 4.69) is 0 Å². The number of fused-ring (bicyclic) bond motifs is 1. The first kappa shape index (κ1) is 18.8. The number of aryl methyl sites for hydroxylation is 1. The second kappa shape index (κ2) is 7.35. The average molecular weight is 364 g/mol. The van der Waals surface area contributed by atoms with Gasteiger partial charge >= 0.3 is 0 Å². The number of hydrogen-bond acceptors (Lipinski definition) is 3. The maximum atomic E-state index is 13.2. The Labute approximate surface area is 159 Å². The van der Waals surface area contributed by atoms with E-state index in [1.807, 2.05) is 45.0 Å². The highest BCUT2D eigenvalue weighted by Gasteiger charge is 2.44. The molecule has 0 N–H and O–H groups in total. The van der Waals surface area contributed by atoms with Gasteiger partial charge in [-0.2, -0.15) is 0 Å². The highest BCUT2D eigenvalue weighted by Crippen LogP contribution is 2.28. The number of nitrogens with zero attached hydrogens (tertiary/aromatic N) is 2. The van der Waals surface area contributed by atoms with E-state index in [9.17, 15) is 14.4 Å². The van der Waals surface area contributed by atoms with Crippen LogP contribution in [0.4, 0.5) is 0 Å². The molecule has 0 spiro atoms. The lowest BCUT2D eigenvalue weighted by Gasteiger charge is -2.32. The lowest BCUT2D eigenvalue weighted by atomic mass is 10.0. The van der Waals surface area contributed by atoms with Crippen molar-refractivity contribution in [3.63, 3.8) is 0 Å². The van der Waals surface area contributed by atoms with Crippen LogP contribution in [0.25, 0.3) is 0 Å². The first-order valence-corrected chi connectivity index (χ1v) is 9.09. The third-order valence-corrected chi connectivity index (χ3v) is 5.03. The Bertz CT molecular complexity index is 869. The number of amides is 3. The molecule has 1 atom stereocenters. The van der Waals surface area contributed by atoms with Gasteiger partial charge in [0.05, 0.1) is 11.1 Å². The summed E-state index contributed by atoms with van der Waals surface area (Å²) in [6.45, 7) is 6.14. The minimum atomic E-state index is -0.827. The third kappa shape index (κ3) is 3.37. The van der Waals surface area contributed by atoms with Gasteiger partial charge in [-0.3, -0.25) is 19.3 Å². The summed E-state index contributed by atoms with van der Waals surface area (Å²) in [4.78, 5) is 41.6. The molecule has 5 heteroatoms. The minimum absolute atomic E-state index is 0.195. The van der Waals surface area contributed by atoms with Crippen LogP contribution in [0.3, 0.4) is 0 Å². The van der Waals surface area contributed by atoms with Crippen molar-refractivity contribution >= 4 is 17.7 Å². The number of carbonyl (C=O) groups excluding carboxylic acids is 3. The Morgan fingerprint density at radius 3 is 2.00 bits per heavy atom. The van der Waals surface area contributed by atoms with Crippen LogP contribution in [0.1, 0.15) is 45.7 Å². The number of carbonyl (C=O) groups is 3. The molecule has 0 aliphatic carbocycles. The Hall–Kier alpha value is -2.95. The van der Waals surface area contributed by atoms with Crippen LogP contribution in [0.5, 0.6) is 0 Å². The lowest BCUT2D eigenvalue weighted by molar-refractivity contribution is -0.136. The highest BCUT2D eigenvalue weighted by molar-refractivity contribution is 6.22. The van der Waals surface area contributed by atoms with E-state index in [0.717, 1.165) is 16.0 Å². The lowest BCUT2D eigenvalue weighted by Crippen LogP contribution is -2.52. The molecule has 0 bridgehead atoms. The van der Waals surface area contributed by atoms with E-state index >= 15 is 0 Å². The molecule has 0 saturated carbocycles. The van der Waals surface area contributed by atoms with Gasteiger partial charge < -0.3 is 4.90 Å². The van der Waals surface area contributed by atoms with Gasteiger partial charge in [-0.15, -0.1) is 0 Å². The number of hydrogen-bond donors (Lipinski definition) is 0. The van der Waals surface area contributed by atoms with E-state index in [-0.39, 0.29) is 11.8 Å². The Morgan fingerprint density at radius 2 is 1.48 bits per heavy atom. The fourth-order valence-electron chi connectivity index (χ4n) is 3.50. The molecule has 0 saturated heterocycles. The van der Waals surface area contributed by atoms with Crippen molar-refractivity contribution in [2.24, 2.45) is 5.92 Å². The summed E-state index contributed by atoms with van der Waals surface area (Å²) >= 11 is 0. The monoisotopic (exact) mass is 364 g/mol. The summed E-state index contributed by atoms with van der Waals surface area (Å²) in [5.41, 5.74) is 2.86. The van der Waals surface area contributed by atoms with Gasteiger partial charge in [-0.05, 0) is 36.1 Å². The maximum absolute atomic E-state index is 13.2. The molecule has 0 aromatic heterocycles. The fraction of sp³-hybridized carbons (Fsp3) is 0.318. The van der Waals surface area contributed by atoms with Crippen LogP contribution in [0.15, 0.2) is 48.5 Å². The van der Waals surface area contributed by atoms with E-state index < -0.39 is 17.9 Å². The van der Waals surface area contributed by atoms with Gasteiger partial charge in [-0.1, -0.05) is 50.2 Å². The summed E-state index contributed by atoms with van der Waals surface area (Å²) in [5.74, 6) is -1.22. The van der Waals surface area contributed by atoms with Crippen LogP contribution in [0, 0.1) is 12.8 Å². The molecular formula is C22H24N2O3. The summed E-state index contributed by atoms with van der Waals surface area (Å²) in [6, 6.07) is 13.8. The molecule has 0 fully saturated rings. The number of imide groups is 1. The first-order chi connectivity index (χ1) is 12.8. The van der Waals surface area contributed by atoms with Gasteiger partial charge in [0, 0.05) is 13.6 Å². The number of rotatable bonds is 5. The number of likely N-dealkylation sites (N-methyl/N-ethyl adjacent to an activating group) is 1. The standard InChI is InChI=1S/C22H24N2O3/c1-14(2)19(22(27)23(4)13-16-10-6-5-9-15(16)3)24-20(25)17-11-7-8-12-18(17)21(24)26/h5-12,14,19H,13H2,1-4H3/t19-/m0/s1. The van der Waals surface area contributed by atoms with Gasteiger partial charge in [0.15, 0.2) is 0 Å². The van der Waals surface area contributed by atoms with Crippen molar-refractivity contribution < 1.29 is 14.4 Å². The number of benzene rings is 2. The molecule has 27 heavy (non-hydrogen) atoms. The van der Waals surface area contributed by atoms with Gasteiger partial charge in [-0.25, -0.2) is 0 Å². The molecule has 2 aromatic carbocycles. The normalized spacial score (nSPS) is 14.5. The quantitative estimate of drug-likeness (QED) is 0.765. The molecule has 3 amide bonds. The molecule has 5 nitrogen and oxygen atoms in total. The Balaban J connectivity index is 1.88. The molecule has 140 valence electrons. The zero-order valence-corrected chi connectivity index (χ0v) is 16.1. The summed E-state index contributed by atoms with van der Waals surface area (Å²) in [7, 11) is 1.71. The maximum Gasteiger partial charge on any atom is 0.262 e. The fourth-order valence-corrected chi connectivity index (χ4v) is 3.50. The van der Waals surface area contributed by atoms with E-state index in [1.54, 1.807) is 36.2 Å². The summed E-state index contributed by atoms with van der Waals surface area (Å²) in [6.07, 6.45) is 0. The first-order valence-electron chi connectivity index (χ1n) is 9.09. The van der Waals surface area contributed by atoms with E-state index in [0.29, 0.717) is 17.7 Å². The van der Waals surface area contributed by atoms with Crippen molar-refractivity contribution in [1.29, 1.82) is 0 Å². The van der Waals surface area contributed by atoms with Crippen molar-refractivity contribution in [3.05, 3.63) is 70.8 Å². The molecule has 2 aromatic rings. The summed E-state index contributed by atoms with van der Waals surface area (Å²) in [5, 5.41) is 0. The van der Waals surface area contributed by atoms with Gasteiger partial charge in [0.2, 0.25) is 5.91 Å². The van der Waals surface area contributed by atoms with Crippen molar-refractivity contribution in [3.8, 4) is 0 Å². The third-order valence-electron chi connectivity index (χ3n) is 5.03. The Kier molecular flexibility index (Phi) is 5.13. The van der Waals surface area contributed by atoms with Crippen molar-refractivity contribution in [2.75, 3.05) is 7.05 Å². The highest BCUT2D eigenvalue weighted by atomic mass is 16.2. The minimum Gasteiger partial charge on any atom is -0.340 e. The summed E-state index contributed by atoms with van der Waals surface area (Å²) < 4.78 is 0. The average Bonchev–Trinajstić information content (AvgIpc) is 2.89. The molecular weight excluding hydrogens is 340 g/mol. The van der Waals surface area contributed by atoms with Crippen molar-refractivity contribution in [2.45, 2.75) is 33.4 Å².